The minimum Gasteiger partial charge on any atom is -0.545 e. The number of rotatable bonds is 5. The first-order valence-corrected chi connectivity index (χ1v) is 12.9. The quantitative estimate of drug-likeness (QED) is 0.252. The van der Waals surface area contributed by atoms with E-state index < -0.39 is 11.9 Å². The fourth-order valence-corrected chi connectivity index (χ4v) is 3.77. The molecule has 6 aromatic rings. The Labute approximate surface area is 260 Å². The Kier molecular flexibility index (Phi) is 12.5. The van der Waals surface area contributed by atoms with Gasteiger partial charge in [0, 0.05) is 12.4 Å². The van der Waals surface area contributed by atoms with Gasteiger partial charge in [-0.25, -0.2) is 4.98 Å². The molecular formula is C35H25CuN3O4. The summed E-state index contributed by atoms with van der Waals surface area (Å²) in [6.45, 7) is 0. The van der Waals surface area contributed by atoms with Gasteiger partial charge in [-0.3, -0.25) is 9.97 Å². The van der Waals surface area contributed by atoms with E-state index in [2.05, 4.69) is 34.2 Å². The van der Waals surface area contributed by atoms with Crippen LogP contribution in [0, 0.1) is 0 Å². The van der Waals surface area contributed by atoms with E-state index >= 15 is 0 Å². The topological polar surface area (TPSA) is 119 Å². The van der Waals surface area contributed by atoms with Gasteiger partial charge in [0.15, 0.2) is 0 Å². The van der Waals surface area contributed by atoms with Crippen LogP contribution in [0.1, 0.15) is 20.7 Å². The van der Waals surface area contributed by atoms with Crippen molar-refractivity contribution in [1.29, 1.82) is 0 Å². The molecule has 7 nitrogen and oxygen atoms in total. The smallest absolute Gasteiger partial charge is 0.545 e. The molecule has 0 aliphatic heterocycles. The molecule has 0 unspecified atom stereocenters. The average Bonchev–Trinajstić information content (AvgIpc) is 3.07. The van der Waals surface area contributed by atoms with Gasteiger partial charge in [-0.15, -0.1) is 0 Å². The van der Waals surface area contributed by atoms with Crippen LogP contribution in [-0.4, -0.2) is 26.9 Å². The van der Waals surface area contributed by atoms with E-state index in [1.165, 1.54) is 24.3 Å². The molecule has 0 spiro atoms. The third kappa shape index (κ3) is 9.86. The van der Waals surface area contributed by atoms with Gasteiger partial charge < -0.3 is 19.8 Å². The second-order valence-corrected chi connectivity index (χ2v) is 8.73. The van der Waals surface area contributed by atoms with Crippen molar-refractivity contribution in [2.75, 3.05) is 0 Å². The van der Waals surface area contributed by atoms with Crippen LogP contribution in [0.15, 0.2) is 152 Å². The number of benzene rings is 3. The summed E-state index contributed by atoms with van der Waals surface area (Å²) in [7, 11) is 0. The molecule has 43 heavy (non-hydrogen) atoms. The molecule has 3 aromatic heterocycles. The Bertz CT molecular complexity index is 1520. The van der Waals surface area contributed by atoms with Crippen molar-refractivity contribution in [2.45, 2.75) is 0 Å². The molecule has 8 heteroatoms. The molecule has 0 bridgehead atoms. The van der Waals surface area contributed by atoms with Crippen LogP contribution in [0.2, 0.25) is 0 Å². The first-order chi connectivity index (χ1) is 20.5. The zero-order chi connectivity index (χ0) is 29.6. The first kappa shape index (κ1) is 32.1. The van der Waals surface area contributed by atoms with Crippen molar-refractivity contribution in [2.24, 2.45) is 0 Å². The van der Waals surface area contributed by atoms with Crippen molar-refractivity contribution in [1.82, 2.24) is 15.0 Å². The number of carboxylic acid groups (broad SMARTS) is 2. The summed E-state index contributed by atoms with van der Waals surface area (Å²) in [5.41, 5.74) is 6.09. The van der Waals surface area contributed by atoms with Crippen LogP contribution in [-0.2, 0) is 17.1 Å². The predicted molar refractivity (Wildman–Crippen MR) is 158 cm³/mol. The zero-order valence-electron chi connectivity index (χ0n) is 22.7. The van der Waals surface area contributed by atoms with Gasteiger partial charge in [-0.05, 0) is 58.7 Å². The average molecular weight is 615 g/mol. The molecule has 0 fully saturated rings. The third-order valence-corrected chi connectivity index (χ3v) is 5.81. The number of hydrogen-bond acceptors (Lipinski definition) is 7. The summed E-state index contributed by atoms with van der Waals surface area (Å²) >= 11 is 0. The number of carbonyl (C=O) groups is 2. The van der Waals surface area contributed by atoms with Crippen LogP contribution in [0.4, 0.5) is 0 Å². The van der Waals surface area contributed by atoms with Crippen molar-refractivity contribution >= 4 is 11.9 Å². The minimum atomic E-state index is -1.13. The van der Waals surface area contributed by atoms with E-state index in [0.29, 0.717) is 0 Å². The largest absolute Gasteiger partial charge is 2.00 e. The van der Waals surface area contributed by atoms with Crippen LogP contribution >= 0.6 is 0 Å². The molecular weight excluding hydrogens is 590 g/mol. The minimum absolute atomic E-state index is 0. The molecule has 215 valence electrons. The van der Waals surface area contributed by atoms with Gasteiger partial charge in [0.05, 0.1) is 34.7 Å². The van der Waals surface area contributed by atoms with Gasteiger partial charge in [0.25, 0.3) is 0 Å². The zero-order valence-corrected chi connectivity index (χ0v) is 23.7. The Morgan fingerprint density at radius 3 is 1.14 bits per heavy atom. The summed E-state index contributed by atoms with van der Waals surface area (Å²) in [6.07, 6.45) is 3.57. The van der Waals surface area contributed by atoms with Gasteiger partial charge >= 0.3 is 17.1 Å². The maximum atomic E-state index is 10.1. The predicted octanol–water partition coefficient (Wildman–Crippen LogP) is 4.97. The standard InChI is InChI=1S/C21H15N3.2C7H6O2.Cu/c1-2-8-16(9-3-1)17-14-20(18-10-4-6-12-22-18)24-21(15-17)19-11-5-7-13-23-19;2*8-7(9)6-4-2-1-3-5-6;/h1-15H;2*1-5H,(H,8,9);/q;;;+2/p-2. The summed E-state index contributed by atoms with van der Waals surface area (Å²) < 4.78 is 0. The van der Waals surface area contributed by atoms with Gasteiger partial charge in [-0.1, -0.05) is 103 Å². The number of aromatic nitrogens is 3. The fraction of sp³-hybridized carbons (Fsp3) is 0. The van der Waals surface area contributed by atoms with Crippen molar-refractivity contribution in [3.8, 4) is 33.9 Å². The van der Waals surface area contributed by atoms with E-state index in [1.807, 2.05) is 54.6 Å². The van der Waals surface area contributed by atoms with Crippen LogP contribution in [0.3, 0.4) is 0 Å². The van der Waals surface area contributed by atoms with Crippen LogP contribution < -0.4 is 10.2 Å². The van der Waals surface area contributed by atoms with E-state index in [9.17, 15) is 19.8 Å². The van der Waals surface area contributed by atoms with E-state index in [4.69, 9.17) is 4.98 Å². The molecule has 6 rings (SSSR count). The van der Waals surface area contributed by atoms with Crippen LogP contribution in [0.5, 0.6) is 0 Å². The molecule has 0 atom stereocenters. The van der Waals surface area contributed by atoms with Crippen molar-refractivity contribution in [3.63, 3.8) is 0 Å². The normalized spacial score (nSPS) is 9.58. The van der Waals surface area contributed by atoms with Gasteiger partial charge in [0.1, 0.15) is 0 Å². The number of nitrogens with zero attached hydrogens (tertiary/aromatic N) is 3. The number of pyridine rings is 3. The monoisotopic (exact) mass is 614 g/mol. The Morgan fingerprint density at radius 1 is 0.442 bits per heavy atom. The van der Waals surface area contributed by atoms with Crippen molar-refractivity contribution in [3.05, 3.63) is 163 Å². The molecule has 3 aromatic carbocycles. The number of aromatic carboxylic acids is 2. The SMILES string of the molecule is O=C([O-])c1ccccc1.O=C([O-])c1ccccc1.[Cu+2].c1ccc(-c2cc(-c3ccccn3)nc(-c3ccccn3)c2)cc1. The first-order valence-electron chi connectivity index (χ1n) is 12.9. The maximum absolute atomic E-state index is 10.1. The second-order valence-electron chi connectivity index (χ2n) is 8.73. The number of carbonyl (C=O) groups excluding carboxylic acids is 2. The molecule has 3 heterocycles. The third-order valence-electron chi connectivity index (χ3n) is 5.81. The molecule has 0 amide bonds. The van der Waals surface area contributed by atoms with Gasteiger partial charge in [-0.2, -0.15) is 0 Å². The van der Waals surface area contributed by atoms with E-state index in [-0.39, 0.29) is 28.2 Å². The molecule has 0 aliphatic carbocycles. The summed E-state index contributed by atoms with van der Waals surface area (Å²) in [5.74, 6) is -2.26. The number of hydrogen-bond donors (Lipinski definition) is 0. The second kappa shape index (κ2) is 16.7. The Balaban J connectivity index is 0.000000219. The fourth-order valence-electron chi connectivity index (χ4n) is 3.77. The maximum Gasteiger partial charge on any atom is 2.00 e. The Hall–Kier alpha value is -5.43. The Morgan fingerprint density at radius 2 is 0.814 bits per heavy atom. The number of carboxylic acids is 2. The molecule has 0 N–H and O–H groups in total. The molecule has 0 saturated carbocycles. The summed E-state index contributed by atoms with van der Waals surface area (Å²) in [6, 6.07) is 42.3. The van der Waals surface area contributed by atoms with Gasteiger partial charge in [0.2, 0.25) is 0 Å². The summed E-state index contributed by atoms with van der Waals surface area (Å²) in [4.78, 5) is 33.8. The van der Waals surface area contributed by atoms with Crippen molar-refractivity contribution < 1.29 is 36.9 Å². The van der Waals surface area contributed by atoms with Crippen LogP contribution in [0.25, 0.3) is 33.9 Å². The molecule has 0 saturated heterocycles. The van der Waals surface area contributed by atoms with E-state index in [0.717, 1.165) is 33.9 Å². The summed E-state index contributed by atoms with van der Waals surface area (Å²) in [5, 5.41) is 20.2. The van der Waals surface area contributed by atoms with E-state index in [1.54, 1.807) is 48.8 Å². The molecule has 0 aliphatic rings. The molecule has 1 radical (unpaired) electrons.